The summed E-state index contributed by atoms with van der Waals surface area (Å²) in [6.07, 6.45) is 7.07. The summed E-state index contributed by atoms with van der Waals surface area (Å²) in [5.41, 5.74) is 1.41. The standard InChI is InChI=1S/C19H23BF2O2/c1-2-3-4-5-6-7-14-8-10-15(11-9-14)16-12-13-17(20(23)24)19(22)18(16)21/h8-13,23-24H,2-7H2,1H3. The lowest BCUT2D eigenvalue weighted by Gasteiger charge is -2.09. The topological polar surface area (TPSA) is 40.5 Å². The van der Waals surface area contributed by atoms with Gasteiger partial charge in [0.05, 0.1) is 0 Å². The molecule has 2 aromatic carbocycles. The second-order valence-corrected chi connectivity index (χ2v) is 6.07. The summed E-state index contributed by atoms with van der Waals surface area (Å²) in [5.74, 6) is -2.28. The van der Waals surface area contributed by atoms with E-state index in [1.807, 2.05) is 12.1 Å². The molecule has 2 nitrogen and oxygen atoms in total. The summed E-state index contributed by atoms with van der Waals surface area (Å²) in [6, 6.07) is 9.97. The number of hydrogen-bond acceptors (Lipinski definition) is 2. The van der Waals surface area contributed by atoms with E-state index in [0.29, 0.717) is 5.56 Å². The van der Waals surface area contributed by atoms with E-state index in [2.05, 4.69) is 6.92 Å². The first-order valence-corrected chi connectivity index (χ1v) is 8.48. The van der Waals surface area contributed by atoms with E-state index in [0.717, 1.165) is 12.8 Å². The number of aryl methyl sites for hydroxylation is 1. The predicted molar refractivity (Wildman–Crippen MR) is 94.1 cm³/mol. The fourth-order valence-corrected chi connectivity index (χ4v) is 2.77. The first kappa shape index (κ1) is 18.6. The minimum absolute atomic E-state index is 0.117. The van der Waals surface area contributed by atoms with Gasteiger partial charge in [0.1, 0.15) is 0 Å². The molecule has 128 valence electrons. The van der Waals surface area contributed by atoms with Crippen LogP contribution in [0.5, 0.6) is 0 Å². The summed E-state index contributed by atoms with van der Waals surface area (Å²) >= 11 is 0. The van der Waals surface area contributed by atoms with Crippen molar-refractivity contribution in [3.05, 3.63) is 53.6 Å². The van der Waals surface area contributed by atoms with Gasteiger partial charge in [-0.05, 0) is 24.0 Å². The summed E-state index contributed by atoms with van der Waals surface area (Å²) in [5, 5.41) is 18.0. The zero-order chi connectivity index (χ0) is 17.5. The highest BCUT2D eigenvalue weighted by Crippen LogP contribution is 2.24. The second kappa shape index (κ2) is 8.95. The average Bonchev–Trinajstić information content (AvgIpc) is 2.57. The van der Waals surface area contributed by atoms with Crippen molar-refractivity contribution in [1.82, 2.24) is 0 Å². The minimum atomic E-state index is -2.02. The van der Waals surface area contributed by atoms with Crippen molar-refractivity contribution in [3.63, 3.8) is 0 Å². The molecule has 0 spiro atoms. The summed E-state index contributed by atoms with van der Waals surface area (Å²) < 4.78 is 28.0. The molecule has 0 radical (unpaired) electrons. The third kappa shape index (κ3) is 4.65. The number of rotatable bonds is 8. The number of benzene rings is 2. The molecular formula is C19H23BF2O2. The van der Waals surface area contributed by atoms with Gasteiger partial charge in [-0.25, -0.2) is 8.78 Å². The Bertz CT molecular complexity index is 657. The van der Waals surface area contributed by atoms with E-state index >= 15 is 0 Å². The molecule has 0 aliphatic heterocycles. The van der Waals surface area contributed by atoms with Gasteiger partial charge in [-0.2, -0.15) is 0 Å². The monoisotopic (exact) mass is 332 g/mol. The van der Waals surface area contributed by atoms with Crippen molar-refractivity contribution >= 4 is 12.6 Å². The molecule has 24 heavy (non-hydrogen) atoms. The third-order valence-corrected chi connectivity index (χ3v) is 4.22. The van der Waals surface area contributed by atoms with Crippen LogP contribution in [0.3, 0.4) is 0 Å². The van der Waals surface area contributed by atoms with Crippen LogP contribution in [0.4, 0.5) is 8.78 Å². The Morgan fingerprint density at radius 1 is 0.833 bits per heavy atom. The lowest BCUT2D eigenvalue weighted by molar-refractivity contribution is 0.420. The zero-order valence-corrected chi connectivity index (χ0v) is 13.9. The second-order valence-electron chi connectivity index (χ2n) is 6.07. The van der Waals surface area contributed by atoms with Gasteiger partial charge >= 0.3 is 7.12 Å². The van der Waals surface area contributed by atoms with Crippen LogP contribution in [0.1, 0.15) is 44.6 Å². The molecule has 0 atom stereocenters. The first-order chi connectivity index (χ1) is 11.5. The van der Waals surface area contributed by atoms with Crippen LogP contribution in [-0.4, -0.2) is 17.2 Å². The maximum atomic E-state index is 14.1. The molecule has 0 fully saturated rings. The van der Waals surface area contributed by atoms with Crippen LogP contribution in [0, 0.1) is 11.6 Å². The van der Waals surface area contributed by atoms with Crippen molar-refractivity contribution < 1.29 is 18.8 Å². The smallest absolute Gasteiger partial charge is 0.423 e. The van der Waals surface area contributed by atoms with Crippen molar-refractivity contribution in [1.29, 1.82) is 0 Å². The van der Waals surface area contributed by atoms with Crippen molar-refractivity contribution in [2.45, 2.75) is 45.4 Å². The summed E-state index contributed by atoms with van der Waals surface area (Å²) in [7, 11) is -2.02. The number of halogens is 2. The molecule has 0 aromatic heterocycles. The van der Waals surface area contributed by atoms with Gasteiger partial charge in [0.25, 0.3) is 0 Å². The molecule has 0 aliphatic carbocycles. The Morgan fingerprint density at radius 3 is 2.12 bits per heavy atom. The fourth-order valence-electron chi connectivity index (χ4n) is 2.77. The maximum Gasteiger partial charge on any atom is 0.491 e. The maximum absolute atomic E-state index is 14.1. The van der Waals surface area contributed by atoms with Gasteiger partial charge < -0.3 is 10.0 Å². The van der Waals surface area contributed by atoms with Gasteiger partial charge in [-0.15, -0.1) is 0 Å². The van der Waals surface area contributed by atoms with Crippen LogP contribution in [0.2, 0.25) is 0 Å². The molecule has 2 rings (SSSR count). The molecule has 0 unspecified atom stereocenters. The molecule has 0 saturated heterocycles. The molecule has 0 aliphatic rings. The number of hydrogen-bond donors (Lipinski definition) is 2. The van der Waals surface area contributed by atoms with Crippen LogP contribution in [0.15, 0.2) is 36.4 Å². The van der Waals surface area contributed by atoms with Gasteiger partial charge in [-0.3, -0.25) is 0 Å². The Labute approximate surface area is 142 Å². The molecule has 2 N–H and O–H groups in total. The Kier molecular flexibility index (Phi) is 6.94. The van der Waals surface area contributed by atoms with Crippen molar-refractivity contribution in [3.8, 4) is 11.1 Å². The highest BCUT2D eigenvalue weighted by molar-refractivity contribution is 6.58. The van der Waals surface area contributed by atoms with Crippen molar-refractivity contribution in [2.24, 2.45) is 0 Å². The van der Waals surface area contributed by atoms with Crippen LogP contribution in [0.25, 0.3) is 11.1 Å². The van der Waals surface area contributed by atoms with E-state index in [9.17, 15) is 8.78 Å². The SMILES string of the molecule is CCCCCCCc1ccc(-c2ccc(B(O)O)c(F)c2F)cc1. The van der Waals surface area contributed by atoms with Crippen LogP contribution >= 0.6 is 0 Å². The fraction of sp³-hybridized carbons (Fsp3) is 0.368. The highest BCUT2D eigenvalue weighted by atomic mass is 19.2. The first-order valence-electron chi connectivity index (χ1n) is 8.48. The van der Waals surface area contributed by atoms with Gasteiger partial charge in [0.15, 0.2) is 11.6 Å². The number of unbranched alkanes of at least 4 members (excludes halogenated alkanes) is 4. The lowest BCUT2D eigenvalue weighted by Crippen LogP contribution is -2.33. The van der Waals surface area contributed by atoms with E-state index in [4.69, 9.17) is 10.0 Å². The quantitative estimate of drug-likeness (QED) is 0.570. The molecule has 5 heteroatoms. The zero-order valence-electron chi connectivity index (χ0n) is 13.9. The average molecular weight is 332 g/mol. The van der Waals surface area contributed by atoms with Crippen molar-refractivity contribution in [2.75, 3.05) is 0 Å². The highest BCUT2D eigenvalue weighted by Gasteiger charge is 2.22. The molecular weight excluding hydrogens is 309 g/mol. The van der Waals surface area contributed by atoms with E-state index in [1.54, 1.807) is 12.1 Å². The Morgan fingerprint density at radius 2 is 1.50 bits per heavy atom. The molecule has 0 saturated carbocycles. The Balaban J connectivity index is 2.07. The molecule has 0 amide bonds. The van der Waals surface area contributed by atoms with Gasteiger partial charge in [0, 0.05) is 11.0 Å². The summed E-state index contributed by atoms with van der Waals surface area (Å²) in [4.78, 5) is 0. The van der Waals surface area contributed by atoms with Gasteiger partial charge in [-0.1, -0.05) is 69.0 Å². The van der Waals surface area contributed by atoms with E-state index in [-0.39, 0.29) is 5.56 Å². The molecule has 2 aromatic rings. The largest absolute Gasteiger partial charge is 0.491 e. The lowest BCUT2D eigenvalue weighted by atomic mass is 9.79. The summed E-state index contributed by atoms with van der Waals surface area (Å²) in [6.45, 7) is 2.19. The molecule has 0 heterocycles. The van der Waals surface area contributed by atoms with E-state index in [1.165, 1.54) is 43.4 Å². The normalized spacial score (nSPS) is 10.9. The predicted octanol–water partition coefficient (Wildman–Crippen LogP) is 3.82. The van der Waals surface area contributed by atoms with Crippen LogP contribution in [-0.2, 0) is 6.42 Å². The minimum Gasteiger partial charge on any atom is -0.423 e. The van der Waals surface area contributed by atoms with Crippen LogP contribution < -0.4 is 5.46 Å². The molecule has 0 bridgehead atoms. The van der Waals surface area contributed by atoms with E-state index < -0.39 is 24.2 Å². The third-order valence-electron chi connectivity index (χ3n) is 4.22. The van der Waals surface area contributed by atoms with Gasteiger partial charge in [0.2, 0.25) is 0 Å². The Hall–Kier alpha value is -1.72.